The van der Waals surface area contributed by atoms with Crippen molar-refractivity contribution in [2.45, 2.75) is 6.42 Å². The van der Waals surface area contributed by atoms with E-state index in [0.717, 1.165) is 0 Å². The Bertz CT molecular complexity index is 645. The highest BCUT2D eigenvalue weighted by atomic mass is 79.9. The molecule has 1 heterocycles. The molecule has 20 heavy (non-hydrogen) atoms. The normalized spacial score (nSPS) is 19.7. The van der Waals surface area contributed by atoms with Gasteiger partial charge in [0.05, 0.1) is 11.4 Å². The zero-order chi connectivity index (χ0) is 15.1. The lowest BCUT2D eigenvalue weighted by atomic mass is 10.1. The molecule has 0 saturated carbocycles. The average molecular weight is 450 g/mol. The number of nitrogens with zero attached hydrogens (tertiary/aromatic N) is 1. The topological polar surface area (TPSA) is 54.5 Å². The molecule has 1 aromatic carbocycles. The molecular formula is C11H9Br2ClFNO3S. The van der Waals surface area contributed by atoms with Crippen molar-refractivity contribution >= 4 is 65.3 Å². The van der Waals surface area contributed by atoms with Gasteiger partial charge in [-0.1, -0.05) is 11.6 Å². The molecule has 110 valence electrons. The summed E-state index contributed by atoms with van der Waals surface area (Å²) in [6.07, 6.45) is 0.00462. The Morgan fingerprint density at radius 1 is 1.35 bits per heavy atom. The van der Waals surface area contributed by atoms with Gasteiger partial charge in [0.25, 0.3) is 0 Å². The fourth-order valence-corrected chi connectivity index (χ4v) is 5.07. The van der Waals surface area contributed by atoms with Crippen molar-refractivity contribution in [2.75, 3.05) is 17.2 Å². The summed E-state index contributed by atoms with van der Waals surface area (Å²) in [6.45, 7) is 0.154. The molecule has 0 spiro atoms. The standard InChI is InChI=1S/C11H9Br2ClFNO3S/c12-8-2-7(14)3-9(13)11(8)16-4-6(1-10(16)17)5-20(15,18)19/h2-3,6H,1,4-5H2. The van der Waals surface area contributed by atoms with E-state index < -0.39 is 21.9 Å². The highest BCUT2D eigenvalue weighted by Gasteiger charge is 2.35. The summed E-state index contributed by atoms with van der Waals surface area (Å²) < 4.78 is 35.3. The molecule has 1 aliphatic rings. The number of hydrogen-bond donors (Lipinski definition) is 0. The Morgan fingerprint density at radius 2 is 1.90 bits per heavy atom. The van der Waals surface area contributed by atoms with Crippen molar-refractivity contribution in [3.63, 3.8) is 0 Å². The minimum absolute atomic E-state index is 0.00462. The largest absolute Gasteiger partial charge is 0.310 e. The predicted molar refractivity (Wildman–Crippen MR) is 82.2 cm³/mol. The molecule has 9 heteroatoms. The van der Waals surface area contributed by atoms with E-state index in [0.29, 0.717) is 19.7 Å². The summed E-state index contributed by atoms with van der Waals surface area (Å²) in [4.78, 5) is 13.4. The highest BCUT2D eigenvalue weighted by molar-refractivity contribution is 9.11. The van der Waals surface area contributed by atoms with Crippen molar-refractivity contribution < 1.29 is 17.1 Å². The molecule has 0 N–H and O–H groups in total. The van der Waals surface area contributed by atoms with Crippen LogP contribution in [0.25, 0.3) is 0 Å². The van der Waals surface area contributed by atoms with E-state index in [1.54, 1.807) is 12.1 Å². The third-order valence-electron chi connectivity index (χ3n) is 2.89. The van der Waals surface area contributed by atoms with E-state index in [4.69, 9.17) is 11.6 Å². The lowest BCUT2D eigenvalue weighted by Gasteiger charge is -2.20. The monoisotopic (exact) mass is 447 g/mol. The second-order valence-electron chi connectivity index (χ2n) is 4.50. The van der Waals surface area contributed by atoms with Crippen molar-refractivity contribution in [2.24, 2.45) is 5.92 Å². The molecule has 1 saturated heterocycles. The lowest BCUT2D eigenvalue weighted by molar-refractivity contribution is -0.117. The van der Waals surface area contributed by atoms with E-state index in [1.165, 1.54) is 4.90 Å². The van der Waals surface area contributed by atoms with Crippen LogP contribution in [0.5, 0.6) is 0 Å². The second kappa shape index (κ2) is 5.90. The van der Waals surface area contributed by atoms with Gasteiger partial charge in [-0.05, 0) is 44.0 Å². The molecular weight excluding hydrogens is 440 g/mol. The van der Waals surface area contributed by atoms with E-state index in [1.807, 2.05) is 0 Å². The van der Waals surface area contributed by atoms with Crippen LogP contribution < -0.4 is 4.90 Å². The summed E-state index contributed by atoms with van der Waals surface area (Å²) >= 11 is 12.5. The summed E-state index contributed by atoms with van der Waals surface area (Å²) in [6, 6.07) is 3.27. The van der Waals surface area contributed by atoms with Crippen LogP contribution in [0, 0.1) is 5.92 Å². The van der Waals surface area contributed by atoms with Crippen LogP contribution in [0.15, 0.2) is 21.1 Å². The number of benzene rings is 1. The van der Waals surface area contributed by atoms with Gasteiger partial charge in [-0.3, -0.25) is 4.79 Å². The molecule has 0 bridgehead atoms. The van der Waals surface area contributed by atoms with Crippen molar-refractivity contribution in [3.8, 4) is 0 Å². The van der Waals surface area contributed by atoms with Gasteiger partial charge >= 0.3 is 10.2 Å². The third-order valence-corrected chi connectivity index (χ3v) is 5.19. The summed E-state index contributed by atoms with van der Waals surface area (Å²) in [5.74, 6) is -1.44. The van der Waals surface area contributed by atoms with Gasteiger partial charge in [-0.15, -0.1) is 3.89 Å². The number of halogens is 4. The molecule has 1 aromatic rings. The Balaban J connectivity index is 2.29. The predicted octanol–water partition coefficient (Wildman–Crippen LogP) is 3.52. The maximum Gasteiger partial charge on any atom is 0.302 e. The first-order valence-electron chi connectivity index (χ1n) is 5.54. The molecule has 2 rings (SSSR count). The molecule has 1 aliphatic heterocycles. The van der Waals surface area contributed by atoms with Crippen LogP contribution in [0.3, 0.4) is 0 Å². The van der Waals surface area contributed by atoms with Crippen LogP contribution >= 0.6 is 43.5 Å². The maximum absolute atomic E-state index is 12.7. The number of hydrogen-bond acceptors (Lipinski definition) is 3. The van der Waals surface area contributed by atoms with Gasteiger partial charge in [-0.25, -0.2) is 0 Å². The van der Waals surface area contributed by atoms with E-state index >= 15 is 0 Å². The van der Waals surface area contributed by atoms with E-state index in [2.05, 4.69) is 31.9 Å². The number of carbonyl (C=O) groups is 1. The van der Waals surface area contributed by atoms with Crippen LogP contribution in [0.4, 0.5) is 9.57 Å². The minimum Gasteiger partial charge on any atom is -0.310 e. The average Bonchev–Trinajstić information content (AvgIpc) is 2.55. The second-order valence-corrected chi connectivity index (χ2v) is 8.05. The number of amides is 1. The van der Waals surface area contributed by atoms with Crippen molar-refractivity contribution in [1.29, 1.82) is 0 Å². The van der Waals surface area contributed by atoms with Gasteiger partial charge in [0.2, 0.25) is 5.91 Å². The fraction of sp³-hybridized carbons (Fsp3) is 0.364. The first kappa shape index (κ1) is 16.2. The minimum atomic E-state index is -4.59. The van der Waals surface area contributed by atoms with Gasteiger partial charge < -0.3 is 4.90 Å². The summed E-state index contributed by atoms with van der Waals surface area (Å²) in [5.41, 5.74) is 0.568. The van der Waals surface area contributed by atoms with Crippen LogP contribution in [0.1, 0.15) is 6.42 Å². The number of rotatable bonds is 3. The van der Waals surface area contributed by atoms with Gasteiger partial charge in [0, 0.05) is 32.9 Å². The Labute approximate surface area is 137 Å². The van der Waals surface area contributed by atoms with Gasteiger partial charge in [0.1, 0.15) is 0 Å². The fourth-order valence-electron chi connectivity index (χ4n) is 2.18. The molecule has 1 fully saturated rings. The quantitative estimate of drug-likeness (QED) is 0.664. The van der Waals surface area contributed by atoms with Crippen LogP contribution in [-0.2, 0) is 15.0 Å². The number of anilines is 1. The van der Waals surface area contributed by atoms with Crippen LogP contribution in [-0.4, -0.2) is 26.6 Å². The lowest BCUT2D eigenvalue weighted by Crippen LogP contribution is -2.26. The SMILES string of the molecule is O=C1CC(CS(=O)(=O)F)CN1c1c(Br)cc(Cl)cc1Br. The zero-order valence-electron chi connectivity index (χ0n) is 9.95. The van der Waals surface area contributed by atoms with E-state index in [9.17, 15) is 17.1 Å². The maximum atomic E-state index is 12.7. The Hall–Kier alpha value is -0.180. The first-order valence-corrected chi connectivity index (χ1v) is 9.06. The molecule has 0 radical (unpaired) electrons. The highest BCUT2D eigenvalue weighted by Crippen LogP contribution is 2.39. The smallest absolute Gasteiger partial charge is 0.302 e. The van der Waals surface area contributed by atoms with E-state index in [-0.39, 0.29) is 18.9 Å². The van der Waals surface area contributed by atoms with Gasteiger partial charge in [0.15, 0.2) is 0 Å². The molecule has 1 amide bonds. The molecule has 4 nitrogen and oxygen atoms in total. The molecule has 1 unspecified atom stereocenters. The first-order chi connectivity index (χ1) is 9.17. The molecule has 0 aliphatic carbocycles. The summed E-state index contributed by atoms with van der Waals surface area (Å²) in [7, 11) is -4.59. The molecule has 1 atom stereocenters. The Morgan fingerprint density at radius 3 is 2.40 bits per heavy atom. The zero-order valence-corrected chi connectivity index (χ0v) is 14.7. The Kier molecular flexibility index (Phi) is 4.78. The third kappa shape index (κ3) is 3.72. The van der Waals surface area contributed by atoms with Crippen molar-refractivity contribution in [1.82, 2.24) is 0 Å². The molecule has 0 aromatic heterocycles. The summed E-state index contributed by atoms with van der Waals surface area (Å²) in [5, 5.41) is 0.488. The van der Waals surface area contributed by atoms with Crippen molar-refractivity contribution in [3.05, 3.63) is 26.1 Å². The van der Waals surface area contributed by atoms with Crippen LogP contribution in [0.2, 0.25) is 5.02 Å². The number of carbonyl (C=O) groups excluding carboxylic acids is 1. The van der Waals surface area contributed by atoms with Gasteiger partial charge in [-0.2, -0.15) is 8.42 Å².